The molecule has 244 valence electrons. The Morgan fingerprint density at radius 3 is 1.73 bits per heavy atom. The third-order valence-corrected chi connectivity index (χ3v) is 8.23. The summed E-state index contributed by atoms with van der Waals surface area (Å²) in [5.41, 5.74) is 5.74. The summed E-state index contributed by atoms with van der Waals surface area (Å²) in [7, 11) is 2.43. The van der Waals surface area contributed by atoms with E-state index < -0.39 is 60.1 Å². The maximum atomic E-state index is 12.8. The number of nitrogens with two attached hydrogens (primary N) is 1. The number of amides is 5. The van der Waals surface area contributed by atoms with E-state index in [2.05, 4.69) is 51.8 Å². The Kier molecular flexibility index (Phi) is 19.0. The number of carboxylic acid groups (broad SMARTS) is 2. The maximum Gasteiger partial charge on any atom is 0.322 e. The van der Waals surface area contributed by atoms with Crippen LogP contribution in [0.1, 0.15) is 43.9 Å². The highest BCUT2D eigenvalue weighted by molar-refractivity contribution is 8.76. The zero-order valence-corrected chi connectivity index (χ0v) is 26.9. The van der Waals surface area contributed by atoms with Crippen molar-refractivity contribution in [2.75, 3.05) is 49.2 Å². The van der Waals surface area contributed by atoms with Crippen molar-refractivity contribution < 1.29 is 43.8 Å². The number of nitrogens with one attached hydrogen (secondary N) is 5. The monoisotopic (exact) mass is 692 g/mol. The average Bonchev–Trinajstić information content (AvgIpc) is 3.00. The van der Waals surface area contributed by atoms with E-state index in [0.29, 0.717) is 30.3 Å². The molecule has 0 saturated carbocycles. The van der Waals surface area contributed by atoms with Gasteiger partial charge in [-0.05, 0) is 24.6 Å². The molecule has 1 aromatic carbocycles. The number of carboxylic acids is 2. The second kappa shape index (κ2) is 21.6. The van der Waals surface area contributed by atoms with Gasteiger partial charge in [0.1, 0.15) is 18.6 Å². The van der Waals surface area contributed by atoms with Crippen LogP contribution in [0.15, 0.2) is 18.2 Å². The molecule has 0 radical (unpaired) electrons. The number of carbonyl (C=O) groups is 7. The van der Waals surface area contributed by atoms with E-state index >= 15 is 0 Å². The minimum atomic E-state index is -1.28. The number of hydrogen-bond acceptors (Lipinski definition) is 12. The quantitative estimate of drug-likeness (QED) is 0.0423. The zero-order chi connectivity index (χ0) is 33.1. The van der Waals surface area contributed by atoms with Gasteiger partial charge in [0.05, 0.1) is 0 Å². The molecule has 1 unspecified atom stereocenters. The molecule has 9 N–H and O–H groups in total. The molecule has 1 aromatic rings. The third kappa shape index (κ3) is 15.6. The van der Waals surface area contributed by atoms with Crippen LogP contribution in [0.25, 0.3) is 0 Å². The van der Waals surface area contributed by atoms with Gasteiger partial charge >= 0.3 is 11.9 Å². The summed E-state index contributed by atoms with van der Waals surface area (Å²) >= 11 is 8.11. The lowest BCUT2D eigenvalue weighted by Crippen LogP contribution is -2.49. The molecular formula is C25H36N6O9S4. The van der Waals surface area contributed by atoms with Gasteiger partial charge in [-0.1, -0.05) is 21.6 Å². The molecule has 19 heteroatoms. The van der Waals surface area contributed by atoms with Gasteiger partial charge in [-0.15, -0.1) is 0 Å². The fraction of sp³-hybridized carbons (Fsp3) is 0.480. The fourth-order valence-electron chi connectivity index (χ4n) is 3.19. The van der Waals surface area contributed by atoms with Gasteiger partial charge in [-0.25, -0.2) is 0 Å². The Bertz CT molecular complexity index is 1150. The van der Waals surface area contributed by atoms with Crippen LogP contribution in [0.3, 0.4) is 0 Å². The lowest BCUT2D eigenvalue weighted by Gasteiger charge is -2.18. The normalized spacial score (nSPS) is 11.9. The summed E-state index contributed by atoms with van der Waals surface area (Å²) in [6.07, 6.45) is -0.409. The number of aliphatic carboxylic acids is 2. The van der Waals surface area contributed by atoms with Crippen LogP contribution in [-0.2, 0) is 19.2 Å². The number of hydrogen-bond donors (Lipinski definition) is 10. The highest BCUT2D eigenvalue weighted by atomic mass is 33.1. The summed E-state index contributed by atoms with van der Waals surface area (Å²) < 4.78 is 0. The van der Waals surface area contributed by atoms with Crippen LogP contribution in [0.2, 0.25) is 0 Å². The van der Waals surface area contributed by atoms with Crippen LogP contribution < -0.4 is 32.3 Å². The summed E-state index contributed by atoms with van der Waals surface area (Å²) in [5, 5.41) is 30.3. The molecular weight excluding hydrogens is 657 g/mol. The Labute approximate surface area is 272 Å². The molecule has 0 spiro atoms. The lowest BCUT2D eigenvalue weighted by atomic mass is 10.0. The van der Waals surface area contributed by atoms with Crippen LogP contribution in [0.4, 0.5) is 0 Å². The van der Waals surface area contributed by atoms with Crippen molar-refractivity contribution in [1.82, 2.24) is 26.6 Å². The molecule has 0 fully saturated rings. The van der Waals surface area contributed by atoms with Crippen LogP contribution >= 0.6 is 46.8 Å². The van der Waals surface area contributed by atoms with Gasteiger partial charge in [0.15, 0.2) is 0 Å². The van der Waals surface area contributed by atoms with Crippen molar-refractivity contribution in [3.05, 3.63) is 34.9 Å². The lowest BCUT2D eigenvalue weighted by molar-refractivity contribution is -0.139. The van der Waals surface area contributed by atoms with E-state index in [1.807, 2.05) is 0 Å². The first-order valence-corrected chi connectivity index (χ1v) is 16.9. The van der Waals surface area contributed by atoms with Gasteiger partial charge in [0.2, 0.25) is 11.8 Å². The summed E-state index contributed by atoms with van der Waals surface area (Å²) in [6.45, 7) is 0.0940. The van der Waals surface area contributed by atoms with Crippen LogP contribution in [0, 0.1) is 0 Å². The Morgan fingerprint density at radius 1 is 0.773 bits per heavy atom. The van der Waals surface area contributed by atoms with Gasteiger partial charge < -0.3 is 42.5 Å². The van der Waals surface area contributed by atoms with E-state index in [1.54, 1.807) is 0 Å². The second-order valence-electron chi connectivity index (χ2n) is 8.84. The van der Waals surface area contributed by atoms with Gasteiger partial charge in [-0.2, -0.15) is 25.3 Å². The molecule has 0 aliphatic carbocycles. The first-order chi connectivity index (χ1) is 20.9. The molecule has 1 rings (SSSR count). The summed E-state index contributed by atoms with van der Waals surface area (Å²) in [5.74, 6) is -4.18. The predicted octanol–water partition coefficient (Wildman–Crippen LogP) is -1.01. The van der Waals surface area contributed by atoms with Crippen molar-refractivity contribution in [3.63, 3.8) is 0 Å². The van der Waals surface area contributed by atoms with E-state index in [1.165, 1.54) is 39.8 Å². The zero-order valence-electron chi connectivity index (χ0n) is 23.5. The van der Waals surface area contributed by atoms with E-state index in [0.717, 1.165) is 0 Å². The first-order valence-electron chi connectivity index (χ1n) is 13.1. The minimum absolute atomic E-state index is 0.0367. The maximum absolute atomic E-state index is 12.8. The van der Waals surface area contributed by atoms with Crippen LogP contribution in [0.5, 0.6) is 0 Å². The van der Waals surface area contributed by atoms with E-state index in [4.69, 9.17) is 15.9 Å². The number of rotatable bonds is 21. The molecule has 15 nitrogen and oxygen atoms in total. The Morgan fingerprint density at radius 2 is 1.27 bits per heavy atom. The van der Waals surface area contributed by atoms with Crippen LogP contribution in [-0.4, -0.2) is 113 Å². The van der Waals surface area contributed by atoms with Gasteiger partial charge in [0.25, 0.3) is 17.7 Å². The fourth-order valence-corrected chi connectivity index (χ4v) is 5.49. The highest BCUT2D eigenvalue weighted by Crippen LogP contribution is 2.21. The molecule has 2 atom stereocenters. The second-order valence-corrected chi connectivity index (χ2v) is 12.4. The number of thiol groups is 2. The van der Waals surface area contributed by atoms with Crippen molar-refractivity contribution in [2.24, 2.45) is 5.73 Å². The van der Waals surface area contributed by atoms with E-state index in [9.17, 15) is 33.6 Å². The molecule has 0 saturated heterocycles. The van der Waals surface area contributed by atoms with E-state index in [-0.39, 0.29) is 41.8 Å². The molecule has 44 heavy (non-hydrogen) atoms. The highest BCUT2D eigenvalue weighted by Gasteiger charge is 2.23. The third-order valence-electron chi connectivity index (χ3n) is 5.37. The predicted molar refractivity (Wildman–Crippen MR) is 173 cm³/mol. The van der Waals surface area contributed by atoms with Gasteiger partial charge in [-0.3, -0.25) is 33.6 Å². The molecule has 0 heterocycles. The summed E-state index contributed by atoms with van der Waals surface area (Å²) in [6, 6.07) is 1.76. The molecule has 0 bridgehead atoms. The van der Waals surface area contributed by atoms with Crippen molar-refractivity contribution in [1.29, 1.82) is 0 Å². The largest absolute Gasteiger partial charge is 0.480 e. The average molecular weight is 693 g/mol. The van der Waals surface area contributed by atoms with Crippen molar-refractivity contribution in [2.45, 2.75) is 24.9 Å². The summed E-state index contributed by atoms with van der Waals surface area (Å²) in [4.78, 5) is 84.1. The molecule has 0 aliphatic rings. The minimum Gasteiger partial charge on any atom is -0.480 e. The Balaban J connectivity index is 2.74. The smallest absolute Gasteiger partial charge is 0.322 e. The van der Waals surface area contributed by atoms with Crippen molar-refractivity contribution in [3.8, 4) is 0 Å². The number of benzene rings is 1. The SMILES string of the molecule is N[C@@H](CCC(=O)NC(CSSCCNC(=O)c1cc(C(=O)NCCS)cc(C(=O)NCCS)c1)C(=O)NCC(=O)O)C(=O)O. The molecule has 5 amide bonds. The standard InChI is InChI=1S/C25H36N6O9S4/c26-17(25(39)40)1-2-19(32)31-18(24(38)30-12-20(33)34)13-44-43-8-5-29-23(37)16-10-14(21(35)27-3-6-41)9-15(11-16)22(36)28-4-7-42/h9-11,17-18,41-42H,1-8,12-13,26H2,(H,27,35)(H,28,36)(H,29,37)(H,30,38)(H,31,32)(H,33,34)(H,39,40)/t17-,18?/m0/s1. The first kappa shape index (κ1) is 38.9. The van der Waals surface area contributed by atoms with Crippen molar-refractivity contribution >= 4 is 88.3 Å². The Hall–Kier alpha value is -3.13. The number of carbonyl (C=O) groups excluding carboxylic acids is 5. The van der Waals surface area contributed by atoms with Gasteiger partial charge in [0, 0.05) is 65.8 Å². The topological polar surface area (TPSA) is 246 Å². The molecule has 0 aliphatic heterocycles. The molecule has 0 aromatic heterocycles.